The normalized spacial score (nSPS) is 13.8. The van der Waals surface area contributed by atoms with Gasteiger partial charge in [0.05, 0.1) is 20.1 Å². The van der Waals surface area contributed by atoms with Gasteiger partial charge in [-0.25, -0.2) is 0 Å². The Hall–Kier alpha value is 0.0569. The second-order valence-corrected chi connectivity index (χ2v) is 11.7. The van der Waals surface area contributed by atoms with Crippen LogP contribution < -0.4 is 0 Å². The Labute approximate surface area is 178 Å². The van der Waals surface area contributed by atoms with E-state index in [1.165, 1.54) is 90.1 Å². The van der Waals surface area contributed by atoms with E-state index < -0.39 is 8.80 Å². The third kappa shape index (κ3) is 9.71. The number of quaternary nitrogens is 1. The average molecular weight is 419 g/mol. The molecule has 0 spiro atoms. The van der Waals surface area contributed by atoms with Gasteiger partial charge in [-0.1, -0.05) is 72.1 Å². The minimum absolute atomic E-state index is 0.304. The highest BCUT2D eigenvalue weighted by Gasteiger charge is 2.56. The van der Waals surface area contributed by atoms with Gasteiger partial charge in [0.1, 0.15) is 0 Å². The number of hydrogen-bond donors (Lipinski definition) is 0. The number of unbranched alkanes of at least 4 members (excludes halogenated alkanes) is 10. The maximum Gasteiger partial charge on any atom is 0.561 e. The fourth-order valence-electron chi connectivity index (χ4n) is 4.66. The van der Waals surface area contributed by atoms with Crippen LogP contribution in [0.4, 0.5) is 0 Å². The average Bonchev–Trinajstić information content (AvgIpc) is 2.71. The number of nitrogens with zero attached hydrogens (tertiary/aromatic N) is 1. The molecule has 5 heteroatoms. The van der Waals surface area contributed by atoms with Crippen LogP contribution in [-0.4, -0.2) is 60.4 Å². The van der Waals surface area contributed by atoms with Crippen molar-refractivity contribution in [3.63, 3.8) is 0 Å². The molecule has 4 nitrogen and oxygen atoms in total. The molecule has 1 atom stereocenters. The van der Waals surface area contributed by atoms with Gasteiger partial charge in [-0.05, 0) is 25.7 Å². The molecule has 170 valence electrons. The van der Waals surface area contributed by atoms with Gasteiger partial charge in [0.15, 0.2) is 5.67 Å². The van der Waals surface area contributed by atoms with Crippen LogP contribution in [0.1, 0.15) is 104 Å². The van der Waals surface area contributed by atoms with Crippen molar-refractivity contribution in [2.24, 2.45) is 0 Å². The van der Waals surface area contributed by atoms with Gasteiger partial charge in [-0.2, -0.15) is 0 Å². The number of hydrogen-bond acceptors (Lipinski definition) is 3. The first-order valence-electron chi connectivity index (χ1n) is 12.0. The predicted octanol–water partition coefficient (Wildman–Crippen LogP) is 6.35. The molecule has 28 heavy (non-hydrogen) atoms. The maximum atomic E-state index is 5.93. The van der Waals surface area contributed by atoms with Crippen LogP contribution in [0.3, 0.4) is 0 Å². The molecule has 0 aromatic rings. The van der Waals surface area contributed by atoms with Crippen LogP contribution in [0.15, 0.2) is 0 Å². The lowest BCUT2D eigenvalue weighted by Crippen LogP contribution is -2.68. The summed E-state index contributed by atoms with van der Waals surface area (Å²) in [5, 5.41) is 0. The summed E-state index contributed by atoms with van der Waals surface area (Å²) in [6.07, 6.45) is 17.1. The van der Waals surface area contributed by atoms with Crippen LogP contribution in [0, 0.1) is 0 Å². The Morgan fingerprint density at radius 2 is 0.964 bits per heavy atom. The van der Waals surface area contributed by atoms with E-state index in [1.807, 2.05) is 0 Å². The molecule has 0 bridgehead atoms. The monoisotopic (exact) mass is 418 g/mol. The van der Waals surface area contributed by atoms with E-state index in [2.05, 4.69) is 27.8 Å². The molecule has 0 N–H and O–H groups in total. The minimum Gasteiger partial charge on any atom is -0.373 e. The Morgan fingerprint density at radius 3 is 1.29 bits per heavy atom. The topological polar surface area (TPSA) is 27.7 Å². The van der Waals surface area contributed by atoms with Crippen molar-refractivity contribution in [1.82, 2.24) is 0 Å². The largest absolute Gasteiger partial charge is 0.561 e. The Bertz CT molecular complexity index is 326. The van der Waals surface area contributed by atoms with Crippen molar-refractivity contribution in [2.45, 2.75) is 110 Å². The lowest BCUT2D eigenvalue weighted by molar-refractivity contribution is -0.925. The van der Waals surface area contributed by atoms with E-state index >= 15 is 0 Å². The van der Waals surface area contributed by atoms with Crippen molar-refractivity contribution < 1.29 is 17.8 Å². The van der Waals surface area contributed by atoms with Gasteiger partial charge in [0, 0.05) is 27.8 Å². The third-order valence-corrected chi connectivity index (χ3v) is 10.0. The Kier molecular flexibility index (Phi) is 16.8. The van der Waals surface area contributed by atoms with E-state index in [1.54, 1.807) is 21.3 Å². The van der Waals surface area contributed by atoms with E-state index in [0.717, 1.165) is 10.9 Å². The van der Waals surface area contributed by atoms with Crippen molar-refractivity contribution in [2.75, 3.05) is 41.5 Å². The first kappa shape index (κ1) is 28.1. The Morgan fingerprint density at radius 1 is 0.607 bits per heavy atom. The lowest BCUT2D eigenvalue weighted by atomic mass is 10.1. The first-order valence-corrected chi connectivity index (χ1v) is 13.8. The van der Waals surface area contributed by atoms with E-state index in [0.29, 0.717) is 5.67 Å². The summed E-state index contributed by atoms with van der Waals surface area (Å²) in [6.45, 7) is 9.23. The number of rotatable bonds is 20. The predicted molar refractivity (Wildman–Crippen MR) is 124 cm³/mol. The van der Waals surface area contributed by atoms with Gasteiger partial charge in [0.25, 0.3) is 0 Å². The summed E-state index contributed by atoms with van der Waals surface area (Å²) in [5.41, 5.74) is 0.304. The van der Waals surface area contributed by atoms with Gasteiger partial charge in [-0.3, -0.25) is 0 Å². The quantitative estimate of drug-likeness (QED) is 0.131. The fourth-order valence-corrected chi connectivity index (χ4v) is 7.50. The zero-order chi connectivity index (χ0) is 21.3. The standard InChI is InChI=1S/C23H52NO3Si/c1-8-11-13-15-17-19-21-24(4,22-20-18-16-14-12-9-2)23(10-3)28(25-5,26-6)27-7/h23H,8-22H2,1-7H3/q+1. The summed E-state index contributed by atoms with van der Waals surface area (Å²) in [5.74, 6) is 0. The van der Waals surface area contributed by atoms with E-state index in [9.17, 15) is 0 Å². The highest BCUT2D eigenvalue weighted by atomic mass is 28.4. The summed E-state index contributed by atoms with van der Waals surface area (Å²) in [4.78, 5) is 0. The van der Waals surface area contributed by atoms with E-state index in [4.69, 9.17) is 13.3 Å². The molecule has 0 aliphatic heterocycles. The van der Waals surface area contributed by atoms with Crippen LogP contribution in [0.5, 0.6) is 0 Å². The highest BCUT2D eigenvalue weighted by molar-refractivity contribution is 6.62. The lowest BCUT2D eigenvalue weighted by Gasteiger charge is -2.46. The maximum absolute atomic E-state index is 5.93. The SMILES string of the molecule is CCCCCCCC[N+](C)(CCCCCCCC)C(CC)[Si](OC)(OC)OC. The van der Waals surface area contributed by atoms with Crippen LogP contribution in [0.25, 0.3) is 0 Å². The molecule has 0 amide bonds. The smallest absolute Gasteiger partial charge is 0.373 e. The summed E-state index contributed by atoms with van der Waals surface area (Å²) < 4.78 is 18.8. The molecule has 0 saturated carbocycles. The van der Waals surface area contributed by atoms with Crippen LogP contribution >= 0.6 is 0 Å². The molecule has 0 aliphatic rings. The molecule has 1 unspecified atom stereocenters. The zero-order valence-electron chi connectivity index (χ0n) is 20.4. The highest BCUT2D eigenvalue weighted by Crippen LogP contribution is 2.28. The molecular weight excluding hydrogens is 366 g/mol. The second-order valence-electron chi connectivity index (χ2n) is 8.60. The molecular formula is C23H52NO3Si+. The van der Waals surface area contributed by atoms with Gasteiger partial charge in [-0.15, -0.1) is 0 Å². The molecule has 0 fully saturated rings. The fraction of sp³-hybridized carbons (Fsp3) is 1.00. The molecule has 0 aromatic carbocycles. The Balaban J connectivity index is 5.00. The zero-order valence-corrected chi connectivity index (χ0v) is 21.4. The van der Waals surface area contributed by atoms with Crippen LogP contribution in [-0.2, 0) is 13.3 Å². The molecule has 0 heterocycles. The van der Waals surface area contributed by atoms with Gasteiger partial charge >= 0.3 is 8.80 Å². The molecule has 0 aromatic heterocycles. The second kappa shape index (κ2) is 16.8. The van der Waals surface area contributed by atoms with Crippen molar-refractivity contribution in [1.29, 1.82) is 0 Å². The van der Waals surface area contributed by atoms with Crippen LogP contribution in [0.2, 0.25) is 0 Å². The summed E-state index contributed by atoms with van der Waals surface area (Å²) >= 11 is 0. The first-order chi connectivity index (χ1) is 13.5. The van der Waals surface area contributed by atoms with Crippen molar-refractivity contribution >= 4 is 8.80 Å². The van der Waals surface area contributed by atoms with Gasteiger partial charge < -0.3 is 17.8 Å². The molecule has 0 radical (unpaired) electrons. The minimum atomic E-state index is -2.67. The van der Waals surface area contributed by atoms with Crippen molar-refractivity contribution in [3.05, 3.63) is 0 Å². The molecule has 0 aliphatic carbocycles. The van der Waals surface area contributed by atoms with Gasteiger partial charge in [0.2, 0.25) is 0 Å². The van der Waals surface area contributed by atoms with Crippen molar-refractivity contribution in [3.8, 4) is 0 Å². The van der Waals surface area contributed by atoms with E-state index in [-0.39, 0.29) is 0 Å². The summed E-state index contributed by atoms with van der Waals surface area (Å²) in [6, 6.07) is 0. The molecule has 0 saturated heterocycles. The molecule has 0 rings (SSSR count). The third-order valence-electron chi connectivity index (χ3n) is 6.45. The summed E-state index contributed by atoms with van der Waals surface area (Å²) in [7, 11) is 5.05.